The highest BCUT2D eigenvalue weighted by Gasteiger charge is 2.10. The number of nitrogens with one attached hydrogen (secondary N) is 1. The molecule has 1 amide bonds. The van der Waals surface area contributed by atoms with Gasteiger partial charge < -0.3 is 4.74 Å². The van der Waals surface area contributed by atoms with Gasteiger partial charge in [0.1, 0.15) is 5.75 Å². The van der Waals surface area contributed by atoms with Gasteiger partial charge in [0, 0.05) is 17.7 Å². The molecule has 1 N–H and O–H groups in total. The van der Waals surface area contributed by atoms with Crippen LogP contribution in [0.25, 0.3) is 0 Å². The largest absolute Gasteiger partial charge is 0.492 e. The van der Waals surface area contributed by atoms with Crippen LogP contribution >= 0.6 is 23.2 Å². The molecular weight excluding hydrogens is 335 g/mol. The fourth-order valence-corrected chi connectivity index (χ4v) is 3.02. The topological polar surface area (TPSA) is 50.7 Å². The number of hydrazone groups is 1. The maximum atomic E-state index is 11.7. The lowest BCUT2D eigenvalue weighted by Gasteiger charge is -2.16. The molecule has 0 atom stereocenters. The molecule has 0 saturated heterocycles. The van der Waals surface area contributed by atoms with Crippen LogP contribution in [0.2, 0.25) is 10.0 Å². The Morgan fingerprint density at radius 3 is 2.83 bits per heavy atom. The van der Waals surface area contributed by atoms with Crippen LogP contribution in [0.15, 0.2) is 23.3 Å². The predicted octanol–water partition coefficient (Wildman–Crippen LogP) is 4.83. The molecule has 0 aliphatic heterocycles. The highest BCUT2D eigenvalue weighted by molar-refractivity contribution is 6.35. The van der Waals surface area contributed by atoms with Gasteiger partial charge in [-0.3, -0.25) is 4.79 Å². The Morgan fingerprint density at radius 1 is 1.30 bits per heavy atom. The molecule has 0 radical (unpaired) electrons. The van der Waals surface area contributed by atoms with E-state index in [9.17, 15) is 4.79 Å². The monoisotopic (exact) mass is 356 g/mol. The van der Waals surface area contributed by atoms with Crippen molar-refractivity contribution in [2.24, 2.45) is 11.0 Å². The molecule has 1 aromatic carbocycles. The third-order valence-electron chi connectivity index (χ3n) is 3.82. The summed E-state index contributed by atoms with van der Waals surface area (Å²) in [5, 5.41) is 5.09. The van der Waals surface area contributed by atoms with Crippen molar-refractivity contribution in [3.05, 3.63) is 28.2 Å². The van der Waals surface area contributed by atoms with Gasteiger partial charge in [0.2, 0.25) is 5.91 Å². The molecule has 1 aromatic rings. The van der Waals surface area contributed by atoms with Crippen LogP contribution in [-0.2, 0) is 4.79 Å². The van der Waals surface area contributed by atoms with E-state index < -0.39 is 0 Å². The Hall–Kier alpha value is -1.26. The number of nitrogens with zero attached hydrogens (tertiary/aromatic N) is 1. The SMILES string of the molecule is O=C(CCCOc1ccc(Cl)cc1Cl)N/N=C/C1CCCCC1. The summed E-state index contributed by atoms with van der Waals surface area (Å²) in [7, 11) is 0. The second-order valence-corrected chi connectivity index (χ2v) is 6.58. The fourth-order valence-electron chi connectivity index (χ4n) is 2.56. The van der Waals surface area contributed by atoms with Crippen molar-refractivity contribution in [2.45, 2.75) is 44.9 Å². The van der Waals surface area contributed by atoms with E-state index >= 15 is 0 Å². The van der Waals surface area contributed by atoms with E-state index in [0.717, 1.165) is 0 Å². The van der Waals surface area contributed by atoms with E-state index in [4.69, 9.17) is 27.9 Å². The quantitative estimate of drug-likeness (QED) is 0.431. The van der Waals surface area contributed by atoms with E-state index in [2.05, 4.69) is 10.5 Å². The summed E-state index contributed by atoms with van der Waals surface area (Å²) >= 11 is 11.8. The summed E-state index contributed by atoms with van der Waals surface area (Å²) in [5.74, 6) is 0.995. The van der Waals surface area contributed by atoms with Crippen molar-refractivity contribution >= 4 is 35.3 Å². The molecule has 1 aliphatic rings. The predicted molar refractivity (Wildman–Crippen MR) is 94.4 cm³/mol. The molecule has 0 unspecified atom stereocenters. The number of hydrogen-bond donors (Lipinski definition) is 1. The Bertz CT molecular complexity index is 543. The summed E-state index contributed by atoms with van der Waals surface area (Å²) in [5.41, 5.74) is 2.58. The normalized spacial score (nSPS) is 15.7. The highest BCUT2D eigenvalue weighted by atomic mass is 35.5. The number of ether oxygens (including phenoxy) is 1. The van der Waals surface area contributed by atoms with Gasteiger partial charge in [-0.25, -0.2) is 5.43 Å². The number of halogens is 2. The molecule has 2 rings (SSSR count). The average Bonchev–Trinajstić information content (AvgIpc) is 2.54. The van der Waals surface area contributed by atoms with Gasteiger partial charge in [-0.05, 0) is 43.4 Å². The molecular formula is C17H22Cl2N2O2. The Kier molecular flexibility index (Phi) is 7.69. The third-order valence-corrected chi connectivity index (χ3v) is 4.35. The first-order valence-electron chi connectivity index (χ1n) is 8.05. The summed E-state index contributed by atoms with van der Waals surface area (Å²) in [6, 6.07) is 5.07. The van der Waals surface area contributed by atoms with Crippen LogP contribution in [-0.4, -0.2) is 18.7 Å². The average molecular weight is 357 g/mol. The van der Waals surface area contributed by atoms with Crippen LogP contribution in [0.5, 0.6) is 5.75 Å². The second kappa shape index (κ2) is 9.78. The minimum Gasteiger partial charge on any atom is -0.492 e. The number of amides is 1. The molecule has 1 fully saturated rings. The minimum absolute atomic E-state index is 0.0946. The van der Waals surface area contributed by atoms with E-state index in [1.165, 1.54) is 32.1 Å². The number of benzene rings is 1. The van der Waals surface area contributed by atoms with Crippen molar-refractivity contribution in [1.82, 2.24) is 5.43 Å². The van der Waals surface area contributed by atoms with Gasteiger partial charge in [-0.2, -0.15) is 5.10 Å². The first kappa shape index (κ1) is 18.1. The molecule has 1 aliphatic carbocycles. The van der Waals surface area contributed by atoms with Gasteiger partial charge in [0.05, 0.1) is 11.6 Å². The summed E-state index contributed by atoms with van der Waals surface area (Å²) < 4.78 is 5.53. The van der Waals surface area contributed by atoms with Crippen LogP contribution in [0.3, 0.4) is 0 Å². The van der Waals surface area contributed by atoms with Crippen LogP contribution in [0, 0.1) is 5.92 Å². The standard InChI is InChI=1S/C17H22Cl2N2O2/c18-14-8-9-16(15(19)11-14)23-10-4-7-17(22)21-20-12-13-5-2-1-3-6-13/h8-9,11-13H,1-7,10H2,(H,21,22)/b20-12+. The maximum absolute atomic E-state index is 11.7. The Morgan fingerprint density at radius 2 is 2.09 bits per heavy atom. The number of carbonyl (C=O) groups is 1. The first-order valence-corrected chi connectivity index (χ1v) is 8.80. The lowest BCUT2D eigenvalue weighted by molar-refractivity contribution is -0.121. The van der Waals surface area contributed by atoms with Gasteiger partial charge in [0.15, 0.2) is 0 Å². The molecule has 0 spiro atoms. The first-order chi connectivity index (χ1) is 11.1. The van der Waals surface area contributed by atoms with E-state index in [1.807, 2.05) is 6.21 Å². The zero-order chi connectivity index (χ0) is 16.5. The van der Waals surface area contributed by atoms with Gasteiger partial charge >= 0.3 is 0 Å². The molecule has 1 saturated carbocycles. The van der Waals surface area contributed by atoms with E-state index in [0.29, 0.717) is 41.2 Å². The zero-order valence-corrected chi connectivity index (χ0v) is 14.6. The summed E-state index contributed by atoms with van der Waals surface area (Å²) in [6.07, 6.45) is 9.03. The van der Waals surface area contributed by atoms with Crippen molar-refractivity contribution in [1.29, 1.82) is 0 Å². The maximum Gasteiger partial charge on any atom is 0.240 e. The highest BCUT2D eigenvalue weighted by Crippen LogP contribution is 2.27. The molecule has 23 heavy (non-hydrogen) atoms. The van der Waals surface area contributed by atoms with Gasteiger partial charge in [-0.1, -0.05) is 42.5 Å². The van der Waals surface area contributed by atoms with Crippen molar-refractivity contribution in [3.8, 4) is 5.75 Å². The lowest BCUT2D eigenvalue weighted by Crippen LogP contribution is -2.19. The van der Waals surface area contributed by atoms with E-state index in [1.54, 1.807) is 18.2 Å². The van der Waals surface area contributed by atoms with Gasteiger partial charge in [-0.15, -0.1) is 0 Å². The molecule has 0 aromatic heterocycles. The minimum atomic E-state index is -0.0946. The number of hydrogen-bond acceptors (Lipinski definition) is 3. The Balaban J connectivity index is 1.60. The second-order valence-electron chi connectivity index (χ2n) is 5.74. The number of rotatable bonds is 7. The molecule has 4 nitrogen and oxygen atoms in total. The van der Waals surface area contributed by atoms with Gasteiger partial charge in [0.25, 0.3) is 0 Å². The smallest absolute Gasteiger partial charge is 0.240 e. The molecule has 126 valence electrons. The molecule has 0 heterocycles. The van der Waals surface area contributed by atoms with Crippen molar-refractivity contribution in [2.75, 3.05) is 6.61 Å². The number of carbonyl (C=O) groups excluding carboxylic acids is 1. The van der Waals surface area contributed by atoms with E-state index in [-0.39, 0.29) is 5.91 Å². The Labute approximate surface area is 147 Å². The van der Waals surface area contributed by atoms with Crippen LogP contribution in [0.1, 0.15) is 44.9 Å². The third kappa shape index (κ3) is 6.80. The van der Waals surface area contributed by atoms with Crippen molar-refractivity contribution < 1.29 is 9.53 Å². The van der Waals surface area contributed by atoms with Crippen molar-refractivity contribution in [3.63, 3.8) is 0 Å². The summed E-state index contributed by atoms with van der Waals surface area (Å²) in [6.45, 7) is 0.418. The molecule has 0 bridgehead atoms. The zero-order valence-electron chi connectivity index (χ0n) is 13.1. The van der Waals surface area contributed by atoms with Crippen LogP contribution < -0.4 is 10.2 Å². The lowest BCUT2D eigenvalue weighted by atomic mass is 9.90. The molecule has 6 heteroatoms. The fraction of sp³-hybridized carbons (Fsp3) is 0.529. The van der Waals surface area contributed by atoms with Crippen LogP contribution in [0.4, 0.5) is 0 Å². The summed E-state index contributed by atoms with van der Waals surface area (Å²) in [4.78, 5) is 11.7.